The molecule has 3 rings (SSSR count). The van der Waals surface area contributed by atoms with Crippen molar-refractivity contribution in [2.75, 3.05) is 26.7 Å². The first-order valence-electron chi connectivity index (χ1n) is 12.3. The molecule has 0 bridgehead atoms. The maximum atomic E-state index is 13.5. The quantitative estimate of drug-likeness (QED) is 0.496. The molecule has 1 saturated heterocycles. The number of carbonyl (C=O) groups excluding carboxylic acids is 3. The molecule has 6 nitrogen and oxygen atoms in total. The van der Waals surface area contributed by atoms with Crippen LogP contribution < -0.4 is 5.32 Å². The summed E-state index contributed by atoms with van der Waals surface area (Å²) in [7, 11) is 1.34. The fraction of sp³-hybridized carbons (Fsp3) is 0.444. The molecule has 1 aliphatic heterocycles. The Balaban J connectivity index is 1.82. The van der Waals surface area contributed by atoms with Gasteiger partial charge in [0.05, 0.1) is 11.1 Å². The van der Waals surface area contributed by atoms with Crippen LogP contribution in [0.15, 0.2) is 48.5 Å². The van der Waals surface area contributed by atoms with Gasteiger partial charge in [0.2, 0.25) is 17.7 Å². The highest BCUT2D eigenvalue weighted by Gasteiger charge is 2.39. The summed E-state index contributed by atoms with van der Waals surface area (Å²) in [5.74, 6) is -2.00. The van der Waals surface area contributed by atoms with Crippen molar-refractivity contribution < 1.29 is 40.7 Å². The van der Waals surface area contributed by atoms with E-state index < -0.39 is 47.8 Å². The standard InChI is InChI=1S/C27H29F6N3O3/c1-17(37)34-10-8-24(38)36-11-9-22(23(16-36)19-6-4-3-5-7-19)25(39)35(2)15-18-12-20(26(28,29)30)14-21(13-18)27(31,32)33/h3-7,12-14,22-23H,8-11,15-16H2,1-2H3,(H,34,37). The van der Waals surface area contributed by atoms with E-state index >= 15 is 0 Å². The number of hydrogen-bond donors (Lipinski definition) is 1. The van der Waals surface area contributed by atoms with E-state index in [4.69, 9.17) is 0 Å². The zero-order chi connectivity index (χ0) is 29.0. The highest BCUT2D eigenvalue weighted by molar-refractivity contribution is 5.81. The molecule has 0 spiro atoms. The van der Waals surface area contributed by atoms with E-state index in [2.05, 4.69) is 5.32 Å². The summed E-state index contributed by atoms with van der Waals surface area (Å²) in [6.07, 6.45) is -9.64. The zero-order valence-electron chi connectivity index (χ0n) is 21.4. The third-order valence-corrected chi connectivity index (χ3v) is 6.67. The van der Waals surface area contributed by atoms with Gasteiger partial charge in [-0.25, -0.2) is 0 Å². The summed E-state index contributed by atoms with van der Waals surface area (Å²) in [4.78, 5) is 40.1. The fourth-order valence-corrected chi connectivity index (χ4v) is 4.76. The van der Waals surface area contributed by atoms with Crippen LogP contribution in [0.3, 0.4) is 0 Å². The Kier molecular flexibility index (Phi) is 9.29. The van der Waals surface area contributed by atoms with E-state index in [0.29, 0.717) is 12.1 Å². The van der Waals surface area contributed by atoms with Gasteiger partial charge in [-0.15, -0.1) is 0 Å². The van der Waals surface area contributed by atoms with E-state index in [1.165, 1.54) is 14.0 Å². The Hall–Kier alpha value is -3.57. The summed E-state index contributed by atoms with van der Waals surface area (Å²) in [6.45, 7) is 1.50. The van der Waals surface area contributed by atoms with Gasteiger partial charge in [0.1, 0.15) is 0 Å². The first-order valence-corrected chi connectivity index (χ1v) is 12.3. The molecule has 2 atom stereocenters. The topological polar surface area (TPSA) is 69.7 Å². The molecule has 1 heterocycles. The third-order valence-electron chi connectivity index (χ3n) is 6.67. The van der Waals surface area contributed by atoms with E-state index in [-0.39, 0.29) is 55.9 Å². The Bertz CT molecular complexity index is 1150. The average Bonchev–Trinajstić information content (AvgIpc) is 2.87. The number of amides is 3. The van der Waals surface area contributed by atoms with E-state index in [1.807, 2.05) is 0 Å². The first kappa shape index (κ1) is 30.0. The Morgan fingerprint density at radius 1 is 0.974 bits per heavy atom. The van der Waals surface area contributed by atoms with Crippen molar-refractivity contribution in [3.8, 4) is 0 Å². The van der Waals surface area contributed by atoms with Crippen LogP contribution in [-0.2, 0) is 33.3 Å². The molecule has 0 radical (unpaired) electrons. The minimum Gasteiger partial charge on any atom is -0.356 e. The molecule has 1 N–H and O–H groups in total. The van der Waals surface area contributed by atoms with E-state index in [0.717, 1.165) is 10.5 Å². The van der Waals surface area contributed by atoms with Gasteiger partial charge < -0.3 is 15.1 Å². The van der Waals surface area contributed by atoms with Crippen molar-refractivity contribution in [3.63, 3.8) is 0 Å². The summed E-state index contributed by atoms with van der Waals surface area (Å²) < 4.78 is 79.7. The maximum Gasteiger partial charge on any atom is 0.416 e. The van der Waals surface area contributed by atoms with Crippen molar-refractivity contribution in [3.05, 3.63) is 70.8 Å². The van der Waals surface area contributed by atoms with E-state index in [1.54, 1.807) is 35.2 Å². The summed E-state index contributed by atoms with van der Waals surface area (Å²) >= 11 is 0. The highest BCUT2D eigenvalue weighted by Crippen LogP contribution is 2.37. The lowest BCUT2D eigenvalue weighted by atomic mass is 9.79. The van der Waals surface area contributed by atoms with Gasteiger partial charge in [-0.3, -0.25) is 14.4 Å². The van der Waals surface area contributed by atoms with Crippen LogP contribution in [0.2, 0.25) is 0 Å². The first-order chi connectivity index (χ1) is 18.2. The third kappa shape index (κ3) is 7.96. The van der Waals surface area contributed by atoms with Gasteiger partial charge in [0.25, 0.3) is 0 Å². The van der Waals surface area contributed by atoms with Gasteiger partial charge >= 0.3 is 12.4 Å². The van der Waals surface area contributed by atoms with Gasteiger partial charge in [0.15, 0.2) is 0 Å². The molecular weight excluding hydrogens is 528 g/mol. The van der Waals surface area contributed by atoms with Crippen LogP contribution in [0, 0.1) is 5.92 Å². The number of alkyl halides is 6. The van der Waals surface area contributed by atoms with Gasteiger partial charge in [-0.2, -0.15) is 26.3 Å². The molecule has 212 valence electrons. The summed E-state index contributed by atoms with van der Waals surface area (Å²) in [5, 5.41) is 2.56. The molecule has 0 saturated carbocycles. The minimum atomic E-state index is -4.99. The van der Waals surface area contributed by atoms with Crippen LogP contribution in [0.4, 0.5) is 26.3 Å². The number of rotatable bonds is 7. The number of halogens is 6. The predicted octanol–water partition coefficient (Wildman–Crippen LogP) is 4.84. The van der Waals surface area contributed by atoms with Crippen molar-refractivity contribution in [2.45, 2.75) is 44.6 Å². The summed E-state index contributed by atoms with van der Waals surface area (Å²) in [6, 6.07) is 10.2. The number of likely N-dealkylation sites (tertiary alicyclic amines) is 1. The van der Waals surface area contributed by atoms with Crippen molar-refractivity contribution in [1.29, 1.82) is 0 Å². The monoisotopic (exact) mass is 557 g/mol. The van der Waals surface area contributed by atoms with Gasteiger partial charge in [-0.1, -0.05) is 30.3 Å². The molecule has 1 fully saturated rings. The molecule has 0 aliphatic carbocycles. The van der Waals surface area contributed by atoms with Crippen molar-refractivity contribution in [2.24, 2.45) is 5.92 Å². The second-order valence-electron chi connectivity index (χ2n) is 9.59. The molecule has 1 aliphatic rings. The lowest BCUT2D eigenvalue weighted by molar-refractivity contribution is -0.143. The maximum absolute atomic E-state index is 13.5. The number of carbonyl (C=O) groups is 3. The predicted molar refractivity (Wildman–Crippen MR) is 130 cm³/mol. The van der Waals surface area contributed by atoms with Crippen LogP contribution in [0.1, 0.15) is 47.9 Å². The molecule has 2 unspecified atom stereocenters. The SMILES string of the molecule is CC(=O)NCCC(=O)N1CCC(C(=O)N(C)Cc2cc(C(F)(F)F)cc(C(F)(F)F)c2)C(c2ccccc2)C1. The summed E-state index contributed by atoms with van der Waals surface area (Å²) in [5.41, 5.74) is -2.40. The normalized spacial score (nSPS) is 18.0. The number of nitrogens with zero attached hydrogens (tertiary/aromatic N) is 2. The molecule has 2 aromatic carbocycles. The molecule has 0 aromatic heterocycles. The molecule has 39 heavy (non-hydrogen) atoms. The average molecular weight is 558 g/mol. The van der Waals surface area contributed by atoms with Crippen molar-refractivity contribution >= 4 is 17.7 Å². The number of piperidine rings is 1. The lowest BCUT2D eigenvalue weighted by Crippen LogP contribution is -2.48. The number of benzene rings is 2. The fourth-order valence-electron chi connectivity index (χ4n) is 4.76. The molecular formula is C27H29F6N3O3. The zero-order valence-corrected chi connectivity index (χ0v) is 21.4. The number of hydrogen-bond acceptors (Lipinski definition) is 3. The smallest absolute Gasteiger partial charge is 0.356 e. The van der Waals surface area contributed by atoms with Crippen LogP contribution in [0.25, 0.3) is 0 Å². The van der Waals surface area contributed by atoms with Crippen LogP contribution in [0.5, 0.6) is 0 Å². The van der Waals surface area contributed by atoms with Crippen LogP contribution >= 0.6 is 0 Å². The Labute approximate surface area is 222 Å². The molecule has 12 heteroatoms. The largest absolute Gasteiger partial charge is 0.416 e. The highest BCUT2D eigenvalue weighted by atomic mass is 19.4. The second kappa shape index (κ2) is 12.1. The number of nitrogens with one attached hydrogen (secondary N) is 1. The van der Waals surface area contributed by atoms with Crippen LogP contribution in [-0.4, -0.2) is 54.2 Å². The molecule has 2 aromatic rings. The Morgan fingerprint density at radius 2 is 1.56 bits per heavy atom. The van der Waals surface area contributed by atoms with Gasteiger partial charge in [0, 0.05) is 58.4 Å². The van der Waals surface area contributed by atoms with Gasteiger partial charge in [-0.05, 0) is 35.7 Å². The minimum absolute atomic E-state index is 0.0510. The second-order valence-corrected chi connectivity index (χ2v) is 9.59. The Morgan fingerprint density at radius 3 is 2.10 bits per heavy atom. The van der Waals surface area contributed by atoms with Crippen molar-refractivity contribution in [1.82, 2.24) is 15.1 Å². The molecule has 3 amide bonds. The van der Waals surface area contributed by atoms with E-state index in [9.17, 15) is 40.7 Å². The lowest BCUT2D eigenvalue weighted by Gasteiger charge is -2.39.